The van der Waals surface area contributed by atoms with E-state index < -0.39 is 0 Å². The van der Waals surface area contributed by atoms with Crippen molar-refractivity contribution < 1.29 is 0 Å². The van der Waals surface area contributed by atoms with Crippen molar-refractivity contribution in [2.24, 2.45) is 5.92 Å². The van der Waals surface area contributed by atoms with E-state index in [9.17, 15) is 0 Å². The van der Waals surface area contributed by atoms with Gasteiger partial charge < -0.3 is 10.6 Å². The van der Waals surface area contributed by atoms with E-state index in [0.717, 1.165) is 19.6 Å². The Balaban J connectivity index is 1.98. The standard InChI is InChI=1S/C16H27N3S/c1-3-12-11-17-10-9-16(12,18-4-2)15-19-13-7-5-6-8-14(13)20-15/h12,17-18H,3-11H2,1-2H3. The number of nitrogens with zero attached hydrogens (tertiary/aromatic N) is 1. The molecule has 112 valence electrons. The number of thiazole rings is 1. The van der Waals surface area contributed by atoms with Gasteiger partial charge in [-0.2, -0.15) is 0 Å². The summed E-state index contributed by atoms with van der Waals surface area (Å²) in [5.41, 5.74) is 1.53. The highest BCUT2D eigenvalue weighted by Crippen LogP contribution is 2.41. The molecule has 1 aromatic heterocycles. The van der Waals surface area contributed by atoms with Crippen LogP contribution in [0.25, 0.3) is 0 Å². The largest absolute Gasteiger partial charge is 0.316 e. The monoisotopic (exact) mass is 293 g/mol. The SMILES string of the molecule is CCNC1(c2nc3c(s2)CCCC3)CCNCC1CC. The Morgan fingerprint density at radius 3 is 2.95 bits per heavy atom. The number of fused-ring (bicyclic) bond motifs is 1. The van der Waals surface area contributed by atoms with E-state index in [-0.39, 0.29) is 5.54 Å². The fourth-order valence-electron chi connectivity index (χ4n) is 3.88. The number of hydrogen-bond donors (Lipinski definition) is 2. The normalized spacial score (nSPS) is 30.2. The summed E-state index contributed by atoms with van der Waals surface area (Å²) in [6, 6.07) is 0. The Kier molecular flexibility index (Phi) is 4.43. The molecule has 0 radical (unpaired) electrons. The van der Waals surface area contributed by atoms with Gasteiger partial charge in [-0.15, -0.1) is 11.3 Å². The van der Waals surface area contributed by atoms with Gasteiger partial charge in [0.25, 0.3) is 0 Å². The molecule has 2 atom stereocenters. The van der Waals surface area contributed by atoms with E-state index in [1.807, 2.05) is 11.3 Å². The first-order valence-electron chi connectivity index (χ1n) is 8.25. The summed E-state index contributed by atoms with van der Waals surface area (Å²) in [7, 11) is 0. The van der Waals surface area contributed by atoms with Crippen molar-refractivity contribution in [2.45, 2.75) is 57.9 Å². The summed E-state index contributed by atoms with van der Waals surface area (Å²) in [5, 5.41) is 8.77. The highest BCUT2D eigenvalue weighted by Gasteiger charge is 2.43. The van der Waals surface area contributed by atoms with Crippen molar-refractivity contribution in [3.63, 3.8) is 0 Å². The summed E-state index contributed by atoms with van der Waals surface area (Å²) in [6.45, 7) is 7.80. The Morgan fingerprint density at radius 2 is 2.20 bits per heavy atom. The summed E-state index contributed by atoms with van der Waals surface area (Å²) >= 11 is 2.00. The number of hydrogen-bond acceptors (Lipinski definition) is 4. The zero-order valence-electron chi connectivity index (χ0n) is 12.8. The summed E-state index contributed by atoms with van der Waals surface area (Å²) in [4.78, 5) is 6.66. The first-order valence-corrected chi connectivity index (χ1v) is 9.06. The average molecular weight is 293 g/mol. The number of rotatable bonds is 4. The van der Waals surface area contributed by atoms with Crippen molar-refractivity contribution in [1.29, 1.82) is 0 Å². The second-order valence-corrected chi connectivity index (χ2v) is 7.24. The Hall–Kier alpha value is -0.450. The van der Waals surface area contributed by atoms with Gasteiger partial charge in [-0.05, 0) is 57.5 Å². The van der Waals surface area contributed by atoms with Crippen molar-refractivity contribution in [3.8, 4) is 0 Å². The first-order chi connectivity index (χ1) is 9.80. The third kappa shape index (κ3) is 2.42. The molecule has 1 aliphatic heterocycles. The van der Waals surface area contributed by atoms with Crippen LogP contribution in [-0.2, 0) is 18.4 Å². The zero-order chi connectivity index (χ0) is 14.0. The lowest BCUT2D eigenvalue weighted by Crippen LogP contribution is -2.56. The van der Waals surface area contributed by atoms with Crippen LogP contribution < -0.4 is 10.6 Å². The molecular weight excluding hydrogens is 266 g/mol. The van der Waals surface area contributed by atoms with Gasteiger partial charge in [0.1, 0.15) is 5.01 Å². The van der Waals surface area contributed by atoms with Gasteiger partial charge in [0, 0.05) is 11.4 Å². The highest BCUT2D eigenvalue weighted by atomic mass is 32.1. The van der Waals surface area contributed by atoms with Crippen molar-refractivity contribution in [1.82, 2.24) is 15.6 Å². The molecule has 1 fully saturated rings. The molecule has 0 aromatic carbocycles. The molecule has 4 heteroatoms. The fourth-order valence-corrected chi connectivity index (χ4v) is 5.31. The third-order valence-corrected chi connectivity index (χ3v) is 6.33. The van der Waals surface area contributed by atoms with Crippen LogP contribution in [0.5, 0.6) is 0 Å². The molecule has 2 aliphatic rings. The molecule has 2 unspecified atom stereocenters. The summed E-state index contributed by atoms with van der Waals surface area (Å²) in [6.07, 6.45) is 7.51. The van der Waals surface area contributed by atoms with Crippen LogP contribution in [0.15, 0.2) is 0 Å². The molecule has 1 saturated heterocycles. The number of aromatic nitrogens is 1. The molecule has 20 heavy (non-hydrogen) atoms. The van der Waals surface area contributed by atoms with E-state index >= 15 is 0 Å². The van der Waals surface area contributed by atoms with Gasteiger partial charge in [0.2, 0.25) is 0 Å². The third-order valence-electron chi connectivity index (χ3n) is 5.00. The smallest absolute Gasteiger partial charge is 0.114 e. The Morgan fingerprint density at radius 1 is 1.35 bits per heavy atom. The molecular formula is C16H27N3S. The van der Waals surface area contributed by atoms with Gasteiger partial charge in [-0.1, -0.05) is 13.8 Å². The number of aryl methyl sites for hydroxylation is 2. The molecule has 3 rings (SSSR count). The van der Waals surface area contributed by atoms with Crippen LogP contribution >= 0.6 is 11.3 Å². The maximum absolute atomic E-state index is 5.09. The highest BCUT2D eigenvalue weighted by molar-refractivity contribution is 7.11. The lowest BCUT2D eigenvalue weighted by molar-refractivity contribution is 0.151. The van der Waals surface area contributed by atoms with Crippen LogP contribution in [0.1, 0.15) is 55.1 Å². The van der Waals surface area contributed by atoms with Gasteiger partial charge in [0.05, 0.1) is 11.2 Å². The van der Waals surface area contributed by atoms with Crippen LogP contribution in [0, 0.1) is 5.92 Å². The predicted octanol–water partition coefficient (Wildman–Crippen LogP) is 2.85. The van der Waals surface area contributed by atoms with E-state index in [1.54, 1.807) is 4.88 Å². The predicted molar refractivity (Wildman–Crippen MR) is 85.4 cm³/mol. The van der Waals surface area contributed by atoms with Gasteiger partial charge in [-0.3, -0.25) is 0 Å². The van der Waals surface area contributed by atoms with E-state index in [4.69, 9.17) is 4.98 Å². The lowest BCUT2D eigenvalue weighted by atomic mass is 9.77. The molecule has 0 amide bonds. The molecule has 0 bridgehead atoms. The quantitative estimate of drug-likeness (QED) is 0.896. The Bertz CT molecular complexity index is 429. The second-order valence-electron chi connectivity index (χ2n) is 6.16. The molecule has 1 aromatic rings. The van der Waals surface area contributed by atoms with Gasteiger partial charge in [0.15, 0.2) is 0 Å². The van der Waals surface area contributed by atoms with Gasteiger partial charge in [-0.25, -0.2) is 4.98 Å². The van der Waals surface area contributed by atoms with Crippen LogP contribution in [0.4, 0.5) is 0 Å². The maximum Gasteiger partial charge on any atom is 0.114 e. The minimum Gasteiger partial charge on any atom is -0.316 e. The number of nitrogens with one attached hydrogen (secondary N) is 2. The van der Waals surface area contributed by atoms with Crippen molar-refractivity contribution in [3.05, 3.63) is 15.6 Å². The van der Waals surface area contributed by atoms with E-state index in [2.05, 4.69) is 24.5 Å². The maximum atomic E-state index is 5.09. The van der Waals surface area contributed by atoms with Crippen LogP contribution in [0.2, 0.25) is 0 Å². The molecule has 0 saturated carbocycles. The number of piperidine rings is 1. The van der Waals surface area contributed by atoms with E-state index in [1.165, 1.54) is 49.2 Å². The average Bonchev–Trinajstić information content (AvgIpc) is 2.92. The molecule has 0 spiro atoms. The minimum absolute atomic E-state index is 0.122. The van der Waals surface area contributed by atoms with Crippen LogP contribution in [-0.4, -0.2) is 24.6 Å². The lowest BCUT2D eigenvalue weighted by Gasteiger charge is -2.43. The molecule has 1 aliphatic carbocycles. The van der Waals surface area contributed by atoms with Crippen LogP contribution in [0.3, 0.4) is 0 Å². The van der Waals surface area contributed by atoms with E-state index in [0.29, 0.717) is 5.92 Å². The summed E-state index contributed by atoms with van der Waals surface area (Å²) in [5.74, 6) is 0.656. The topological polar surface area (TPSA) is 37.0 Å². The van der Waals surface area contributed by atoms with Crippen molar-refractivity contribution in [2.75, 3.05) is 19.6 Å². The van der Waals surface area contributed by atoms with Crippen molar-refractivity contribution >= 4 is 11.3 Å². The molecule has 2 N–H and O–H groups in total. The molecule has 2 heterocycles. The first kappa shape index (κ1) is 14.5. The minimum atomic E-state index is 0.122. The molecule has 3 nitrogen and oxygen atoms in total. The zero-order valence-corrected chi connectivity index (χ0v) is 13.6. The van der Waals surface area contributed by atoms with Gasteiger partial charge >= 0.3 is 0 Å². The second kappa shape index (κ2) is 6.12. The fraction of sp³-hybridized carbons (Fsp3) is 0.812. The Labute approximate surface area is 126 Å². The summed E-state index contributed by atoms with van der Waals surface area (Å²) < 4.78 is 0.